The standard InChI is InChI=1S/C20H30NO5P/c22-20(23)19-9-5-4-8-16(19)10-17-12-26-18(11-21-17)14-27(24,25)13-15-6-2-1-3-7-15/h4-5,8-9,15,17-18,21H,1-3,6-7,10-14H2,(H,22,23)(H,24,25)/t17-,18-/m1/s1. The minimum absolute atomic E-state index is 0.0122. The van der Waals surface area contributed by atoms with Crippen LogP contribution >= 0.6 is 7.37 Å². The molecule has 1 saturated heterocycles. The molecule has 3 atom stereocenters. The first-order valence-electron chi connectivity index (χ1n) is 9.90. The molecule has 7 heteroatoms. The van der Waals surface area contributed by atoms with Gasteiger partial charge in [0.15, 0.2) is 0 Å². The van der Waals surface area contributed by atoms with Crippen LogP contribution in [0.15, 0.2) is 24.3 Å². The van der Waals surface area contributed by atoms with E-state index in [9.17, 15) is 19.4 Å². The zero-order valence-corrected chi connectivity index (χ0v) is 16.6. The van der Waals surface area contributed by atoms with Gasteiger partial charge in [-0.05, 0) is 36.8 Å². The third-order valence-corrected chi connectivity index (χ3v) is 7.70. The van der Waals surface area contributed by atoms with Crippen LogP contribution in [0.5, 0.6) is 0 Å². The summed E-state index contributed by atoms with van der Waals surface area (Å²) < 4.78 is 18.5. The molecular weight excluding hydrogens is 365 g/mol. The lowest BCUT2D eigenvalue weighted by atomic mass is 9.91. The predicted molar refractivity (Wildman–Crippen MR) is 105 cm³/mol. The number of carboxylic acids is 1. The zero-order valence-electron chi connectivity index (χ0n) is 15.7. The summed E-state index contributed by atoms with van der Waals surface area (Å²) in [4.78, 5) is 21.7. The minimum atomic E-state index is -3.18. The van der Waals surface area contributed by atoms with Gasteiger partial charge in [-0.2, -0.15) is 0 Å². The summed E-state index contributed by atoms with van der Waals surface area (Å²) in [5, 5.41) is 12.6. The molecule has 0 amide bonds. The summed E-state index contributed by atoms with van der Waals surface area (Å²) in [5.74, 6) is -0.546. The van der Waals surface area contributed by atoms with Crippen LogP contribution in [0.2, 0.25) is 0 Å². The van der Waals surface area contributed by atoms with Gasteiger partial charge in [0.25, 0.3) is 0 Å². The Morgan fingerprint density at radius 2 is 1.93 bits per heavy atom. The number of benzene rings is 1. The van der Waals surface area contributed by atoms with E-state index in [1.165, 1.54) is 19.3 Å². The fourth-order valence-corrected chi connectivity index (χ4v) is 6.45. The molecule has 0 aromatic heterocycles. The molecule has 1 aliphatic heterocycles. The van der Waals surface area contributed by atoms with E-state index in [1.54, 1.807) is 12.1 Å². The maximum absolute atomic E-state index is 12.6. The third kappa shape index (κ3) is 6.15. The van der Waals surface area contributed by atoms with E-state index in [0.717, 1.165) is 18.4 Å². The normalized spacial score (nSPS) is 26.4. The van der Waals surface area contributed by atoms with E-state index in [1.807, 2.05) is 12.1 Å². The summed E-state index contributed by atoms with van der Waals surface area (Å²) in [6, 6.07) is 7.00. The molecule has 2 fully saturated rings. The van der Waals surface area contributed by atoms with E-state index in [-0.39, 0.29) is 18.3 Å². The Balaban J connectivity index is 1.47. The van der Waals surface area contributed by atoms with Crippen LogP contribution in [0.1, 0.15) is 48.0 Å². The van der Waals surface area contributed by atoms with Crippen molar-refractivity contribution in [2.24, 2.45) is 5.92 Å². The van der Waals surface area contributed by atoms with Crippen molar-refractivity contribution in [2.75, 3.05) is 25.5 Å². The van der Waals surface area contributed by atoms with Crippen molar-refractivity contribution < 1.29 is 24.1 Å². The van der Waals surface area contributed by atoms with Crippen LogP contribution in [-0.4, -0.2) is 53.6 Å². The fraction of sp³-hybridized carbons (Fsp3) is 0.650. The Hall–Kier alpha value is -1.20. The number of morpholine rings is 1. The van der Waals surface area contributed by atoms with Gasteiger partial charge in [0.05, 0.1) is 24.4 Å². The molecule has 0 spiro atoms. The van der Waals surface area contributed by atoms with Crippen LogP contribution in [0.3, 0.4) is 0 Å². The van der Waals surface area contributed by atoms with E-state index in [4.69, 9.17) is 4.74 Å². The monoisotopic (exact) mass is 395 g/mol. The van der Waals surface area contributed by atoms with Crippen LogP contribution in [0, 0.1) is 5.92 Å². The highest BCUT2D eigenvalue weighted by Crippen LogP contribution is 2.46. The van der Waals surface area contributed by atoms with E-state index < -0.39 is 13.3 Å². The Labute approximate surface area is 160 Å². The number of rotatable bonds is 7. The smallest absolute Gasteiger partial charge is 0.335 e. The van der Waals surface area contributed by atoms with Crippen LogP contribution in [-0.2, 0) is 15.7 Å². The minimum Gasteiger partial charge on any atom is -0.478 e. The van der Waals surface area contributed by atoms with Crippen LogP contribution in [0.4, 0.5) is 0 Å². The predicted octanol–water partition coefficient (Wildman–Crippen LogP) is 3.14. The zero-order chi connectivity index (χ0) is 19.3. The summed E-state index contributed by atoms with van der Waals surface area (Å²) in [5.41, 5.74) is 1.09. The molecule has 6 nitrogen and oxygen atoms in total. The molecule has 1 heterocycles. The lowest BCUT2D eigenvalue weighted by Crippen LogP contribution is -2.48. The van der Waals surface area contributed by atoms with Gasteiger partial charge in [0, 0.05) is 18.7 Å². The highest BCUT2D eigenvalue weighted by molar-refractivity contribution is 7.58. The number of hydrogen-bond acceptors (Lipinski definition) is 4. The number of ether oxygens (including phenoxy) is 1. The summed E-state index contributed by atoms with van der Waals surface area (Å²) in [6.07, 6.45) is 6.66. The van der Waals surface area contributed by atoms with Crippen molar-refractivity contribution >= 4 is 13.3 Å². The first-order chi connectivity index (χ1) is 12.9. The lowest BCUT2D eigenvalue weighted by molar-refractivity contribution is 0.0161. The second-order valence-corrected chi connectivity index (χ2v) is 10.4. The summed E-state index contributed by atoms with van der Waals surface area (Å²) >= 11 is 0. The maximum atomic E-state index is 12.6. The molecule has 1 unspecified atom stereocenters. The number of carboxylic acid groups (broad SMARTS) is 1. The first-order valence-corrected chi connectivity index (χ1v) is 11.9. The quantitative estimate of drug-likeness (QED) is 0.614. The van der Waals surface area contributed by atoms with E-state index in [0.29, 0.717) is 37.2 Å². The average Bonchev–Trinajstić information content (AvgIpc) is 2.64. The van der Waals surface area contributed by atoms with Gasteiger partial charge < -0.3 is 20.1 Å². The van der Waals surface area contributed by atoms with Gasteiger partial charge in [-0.25, -0.2) is 4.79 Å². The molecule has 3 rings (SSSR count). The van der Waals surface area contributed by atoms with E-state index in [2.05, 4.69) is 5.32 Å². The molecule has 0 bridgehead atoms. The number of nitrogens with one attached hydrogen (secondary N) is 1. The first kappa shape index (κ1) is 20.5. The molecule has 1 aliphatic carbocycles. The number of hydrogen-bond donors (Lipinski definition) is 3. The second-order valence-electron chi connectivity index (χ2n) is 7.94. The van der Waals surface area contributed by atoms with Gasteiger partial charge >= 0.3 is 5.97 Å². The van der Waals surface area contributed by atoms with Crippen molar-refractivity contribution in [3.63, 3.8) is 0 Å². The van der Waals surface area contributed by atoms with E-state index >= 15 is 0 Å². The van der Waals surface area contributed by atoms with Gasteiger partial charge in [0.1, 0.15) is 0 Å². The molecule has 3 N–H and O–H groups in total. The molecule has 2 aliphatic rings. The van der Waals surface area contributed by atoms with Gasteiger partial charge in [-0.15, -0.1) is 0 Å². The number of carbonyl (C=O) groups is 1. The average molecular weight is 395 g/mol. The molecule has 1 saturated carbocycles. The maximum Gasteiger partial charge on any atom is 0.335 e. The summed E-state index contributed by atoms with van der Waals surface area (Å²) in [7, 11) is -3.18. The Bertz CT molecular complexity index is 681. The SMILES string of the molecule is O=C(O)c1ccccc1C[C@@H]1CO[C@@H](CP(=O)(O)CC2CCCCC2)CN1. The highest BCUT2D eigenvalue weighted by Gasteiger charge is 2.31. The third-order valence-electron chi connectivity index (χ3n) is 5.64. The molecule has 1 aromatic carbocycles. The molecule has 0 radical (unpaired) electrons. The number of aromatic carboxylic acids is 1. The van der Waals surface area contributed by atoms with Gasteiger partial charge in [0.2, 0.25) is 7.37 Å². The fourth-order valence-electron chi connectivity index (χ4n) is 4.25. The van der Waals surface area contributed by atoms with Crippen LogP contribution in [0.25, 0.3) is 0 Å². The highest BCUT2D eigenvalue weighted by atomic mass is 31.2. The Morgan fingerprint density at radius 3 is 2.59 bits per heavy atom. The Kier molecular flexibility index (Phi) is 7.10. The molecular formula is C20H30NO5P. The van der Waals surface area contributed by atoms with Gasteiger partial charge in [-0.1, -0.05) is 37.5 Å². The largest absolute Gasteiger partial charge is 0.478 e. The van der Waals surface area contributed by atoms with Gasteiger partial charge in [-0.3, -0.25) is 4.57 Å². The lowest BCUT2D eigenvalue weighted by Gasteiger charge is -2.32. The summed E-state index contributed by atoms with van der Waals surface area (Å²) in [6.45, 7) is 0.942. The topological polar surface area (TPSA) is 95.9 Å². The molecule has 1 aromatic rings. The second kappa shape index (κ2) is 9.33. The molecule has 150 valence electrons. The Morgan fingerprint density at radius 1 is 1.19 bits per heavy atom. The van der Waals surface area contributed by atoms with Crippen molar-refractivity contribution in [1.29, 1.82) is 0 Å². The van der Waals surface area contributed by atoms with Crippen molar-refractivity contribution in [1.82, 2.24) is 5.32 Å². The molecule has 27 heavy (non-hydrogen) atoms. The van der Waals surface area contributed by atoms with Crippen molar-refractivity contribution in [3.8, 4) is 0 Å². The van der Waals surface area contributed by atoms with Crippen LogP contribution < -0.4 is 5.32 Å². The van der Waals surface area contributed by atoms with Crippen molar-refractivity contribution in [2.45, 2.75) is 50.7 Å². The van der Waals surface area contributed by atoms with Crippen molar-refractivity contribution in [3.05, 3.63) is 35.4 Å².